The summed E-state index contributed by atoms with van der Waals surface area (Å²) in [4.78, 5) is 42.1. The first-order chi connectivity index (χ1) is 20.2. The SMILES string of the molecule is C[C@H]1[C@H](OC(=O)CCC(=O)N2CCN(Cc3ccc4c(c3)OCO4)CC2)O[C@@H]2O[C@@]3(C)CC[C@@H]4[C@H](C)CC[C@@H]1[C@@]24OO3. The summed E-state index contributed by atoms with van der Waals surface area (Å²) in [6.07, 6.45) is 2.38. The molecule has 1 aromatic carbocycles. The van der Waals surface area contributed by atoms with E-state index in [1.165, 1.54) is 0 Å². The van der Waals surface area contributed by atoms with Crippen molar-refractivity contribution in [3.05, 3.63) is 23.8 Å². The van der Waals surface area contributed by atoms with Crippen LogP contribution in [-0.2, 0) is 40.1 Å². The van der Waals surface area contributed by atoms with Crippen LogP contribution in [0, 0.1) is 23.7 Å². The molecule has 42 heavy (non-hydrogen) atoms. The smallest absolute Gasteiger partial charge is 0.308 e. The highest BCUT2D eigenvalue weighted by molar-refractivity contribution is 5.81. The minimum atomic E-state index is -0.881. The summed E-state index contributed by atoms with van der Waals surface area (Å²) in [5, 5.41) is 0. The van der Waals surface area contributed by atoms with Gasteiger partial charge in [-0.1, -0.05) is 19.9 Å². The number of carbonyl (C=O) groups is 2. The highest BCUT2D eigenvalue weighted by Gasteiger charge is 2.69. The van der Waals surface area contributed by atoms with Gasteiger partial charge in [-0.25, -0.2) is 9.78 Å². The first-order valence-corrected chi connectivity index (χ1v) is 15.5. The van der Waals surface area contributed by atoms with Crippen LogP contribution in [0.25, 0.3) is 0 Å². The van der Waals surface area contributed by atoms with E-state index in [-0.39, 0.29) is 43.3 Å². The maximum absolute atomic E-state index is 13.0. The third-order valence-corrected chi connectivity index (χ3v) is 10.5. The average molecular weight is 587 g/mol. The van der Waals surface area contributed by atoms with E-state index in [2.05, 4.69) is 18.7 Å². The lowest BCUT2D eigenvalue weighted by molar-refractivity contribution is -0.576. The molecule has 6 fully saturated rings. The molecule has 1 aromatic rings. The van der Waals surface area contributed by atoms with Gasteiger partial charge in [0, 0.05) is 57.4 Å². The Kier molecular flexibility index (Phi) is 7.37. The molecule has 11 nitrogen and oxygen atoms in total. The Bertz CT molecular complexity index is 1200. The van der Waals surface area contributed by atoms with Crippen LogP contribution in [0.3, 0.4) is 0 Å². The quantitative estimate of drug-likeness (QED) is 0.363. The van der Waals surface area contributed by atoms with Gasteiger partial charge in [-0.3, -0.25) is 14.5 Å². The van der Waals surface area contributed by atoms with Crippen molar-refractivity contribution in [3.63, 3.8) is 0 Å². The summed E-state index contributed by atoms with van der Waals surface area (Å²) in [7, 11) is 0. The molecular weight excluding hydrogens is 544 g/mol. The van der Waals surface area contributed by atoms with E-state index in [9.17, 15) is 9.59 Å². The minimum absolute atomic E-state index is 0.0150. The van der Waals surface area contributed by atoms with Crippen LogP contribution in [-0.4, -0.2) is 78.6 Å². The van der Waals surface area contributed by atoms with E-state index in [4.69, 9.17) is 33.5 Å². The number of hydrogen-bond acceptors (Lipinski definition) is 10. The zero-order valence-electron chi connectivity index (χ0n) is 24.8. The van der Waals surface area contributed by atoms with Gasteiger partial charge < -0.3 is 28.6 Å². The van der Waals surface area contributed by atoms with Gasteiger partial charge in [0.1, 0.15) is 0 Å². The van der Waals surface area contributed by atoms with Gasteiger partial charge in [-0.2, -0.15) is 0 Å². The van der Waals surface area contributed by atoms with Crippen LogP contribution in [0.15, 0.2) is 18.2 Å². The van der Waals surface area contributed by atoms with Gasteiger partial charge in [0.05, 0.1) is 6.42 Å². The largest absolute Gasteiger partial charge is 0.454 e. The maximum Gasteiger partial charge on any atom is 0.308 e. The van der Waals surface area contributed by atoms with Gasteiger partial charge >= 0.3 is 5.97 Å². The van der Waals surface area contributed by atoms with Crippen LogP contribution >= 0.6 is 0 Å². The maximum atomic E-state index is 13.0. The number of amides is 1. The van der Waals surface area contributed by atoms with Crippen LogP contribution in [0.2, 0.25) is 0 Å². The molecule has 7 aliphatic rings. The Hall–Kier alpha value is -2.44. The van der Waals surface area contributed by atoms with E-state index in [0.717, 1.165) is 62.4 Å². The number of esters is 1. The van der Waals surface area contributed by atoms with Crippen molar-refractivity contribution in [1.82, 2.24) is 9.80 Å². The number of piperazine rings is 1. The predicted molar refractivity (Wildman–Crippen MR) is 147 cm³/mol. The molecule has 5 saturated heterocycles. The second-order valence-electron chi connectivity index (χ2n) is 13.1. The molecular formula is C31H42N2O9. The first kappa shape index (κ1) is 28.3. The van der Waals surface area contributed by atoms with Crippen LogP contribution in [0.4, 0.5) is 0 Å². The van der Waals surface area contributed by atoms with Crippen molar-refractivity contribution in [1.29, 1.82) is 0 Å². The Labute approximate surface area is 246 Å². The van der Waals surface area contributed by atoms with Gasteiger partial charge in [0.2, 0.25) is 24.8 Å². The van der Waals surface area contributed by atoms with Gasteiger partial charge in [0.25, 0.3) is 0 Å². The summed E-state index contributed by atoms with van der Waals surface area (Å²) in [6.45, 7) is 10.0. The summed E-state index contributed by atoms with van der Waals surface area (Å²) < 4.78 is 29.4. The van der Waals surface area contributed by atoms with E-state index < -0.39 is 29.9 Å². The zero-order valence-corrected chi connectivity index (χ0v) is 24.8. The number of benzene rings is 1. The normalized spacial score (nSPS) is 39.0. The van der Waals surface area contributed by atoms with Crippen LogP contribution < -0.4 is 9.47 Å². The van der Waals surface area contributed by atoms with E-state index in [1.807, 2.05) is 30.0 Å². The van der Waals surface area contributed by atoms with Crippen LogP contribution in [0.5, 0.6) is 11.5 Å². The number of fused-ring (bicyclic) bond motifs is 3. The fourth-order valence-electron chi connectivity index (χ4n) is 8.02. The molecule has 8 atom stereocenters. The van der Waals surface area contributed by atoms with Crippen molar-refractivity contribution < 1.29 is 43.0 Å². The van der Waals surface area contributed by atoms with E-state index >= 15 is 0 Å². The molecule has 0 aromatic heterocycles. The second kappa shape index (κ2) is 10.9. The molecule has 1 aliphatic carbocycles. The molecule has 1 saturated carbocycles. The lowest BCUT2D eigenvalue weighted by Gasteiger charge is -2.59. The third kappa shape index (κ3) is 4.96. The fraction of sp³-hybridized carbons (Fsp3) is 0.742. The molecule has 1 amide bonds. The molecule has 0 radical (unpaired) electrons. The Morgan fingerprint density at radius 2 is 1.79 bits per heavy atom. The van der Waals surface area contributed by atoms with Crippen molar-refractivity contribution >= 4 is 11.9 Å². The number of hydrogen-bond donors (Lipinski definition) is 0. The van der Waals surface area contributed by atoms with Crippen molar-refractivity contribution in [2.45, 2.75) is 89.8 Å². The van der Waals surface area contributed by atoms with Gasteiger partial charge in [-0.05, 0) is 55.7 Å². The zero-order chi connectivity index (χ0) is 29.1. The molecule has 2 bridgehead atoms. The highest BCUT2D eigenvalue weighted by Crippen LogP contribution is 2.60. The van der Waals surface area contributed by atoms with E-state index in [0.29, 0.717) is 19.0 Å². The molecule has 6 heterocycles. The third-order valence-electron chi connectivity index (χ3n) is 10.5. The molecule has 230 valence electrons. The number of rotatable bonds is 6. The molecule has 1 spiro atoms. The van der Waals surface area contributed by atoms with Gasteiger partial charge in [0.15, 0.2) is 23.4 Å². The number of carbonyl (C=O) groups excluding carboxylic acids is 2. The van der Waals surface area contributed by atoms with Gasteiger partial charge in [-0.15, -0.1) is 0 Å². The average Bonchev–Trinajstić information content (AvgIpc) is 3.33. The monoisotopic (exact) mass is 586 g/mol. The molecule has 0 N–H and O–H groups in total. The second-order valence-corrected chi connectivity index (χ2v) is 13.1. The molecule has 11 heteroatoms. The van der Waals surface area contributed by atoms with Crippen molar-refractivity contribution in [2.75, 3.05) is 33.0 Å². The predicted octanol–water partition coefficient (Wildman–Crippen LogP) is 3.59. The molecule has 8 rings (SSSR count). The van der Waals surface area contributed by atoms with Crippen molar-refractivity contribution in [2.24, 2.45) is 23.7 Å². The Morgan fingerprint density at radius 1 is 0.976 bits per heavy atom. The standard InChI is InChI=1S/C31H42N2O9/c1-19-4-6-23-20(2)28(39-29-31(23)22(19)10-11-30(3,40-29)41-42-31)38-27(35)9-8-26(34)33-14-12-32(13-15-33)17-21-5-7-24-25(16-21)37-18-36-24/h5,7,16,19-20,22-23,28-29H,4,6,8-15,17-18H2,1-3H3/t19-,20-,22-,23+,28-,29-,30-,31-/m1/s1. The minimum Gasteiger partial charge on any atom is -0.454 e. The van der Waals surface area contributed by atoms with E-state index in [1.54, 1.807) is 0 Å². The lowest BCUT2D eigenvalue weighted by atomic mass is 9.58. The molecule has 0 unspecified atom stereocenters. The molecule has 6 aliphatic heterocycles. The van der Waals surface area contributed by atoms with Crippen molar-refractivity contribution in [3.8, 4) is 11.5 Å². The number of ether oxygens (including phenoxy) is 5. The topological polar surface area (TPSA) is 105 Å². The Balaban J connectivity index is 0.904. The summed E-state index contributed by atoms with van der Waals surface area (Å²) in [5.74, 6) is 0.913. The Morgan fingerprint density at radius 3 is 2.62 bits per heavy atom. The summed E-state index contributed by atoms with van der Waals surface area (Å²) in [6, 6.07) is 6.01. The highest BCUT2D eigenvalue weighted by atomic mass is 17.3. The summed E-state index contributed by atoms with van der Waals surface area (Å²) in [5.41, 5.74) is 0.456. The van der Waals surface area contributed by atoms with Crippen LogP contribution in [0.1, 0.15) is 64.9 Å². The summed E-state index contributed by atoms with van der Waals surface area (Å²) >= 11 is 0. The fourth-order valence-corrected chi connectivity index (χ4v) is 8.02. The number of nitrogens with zero attached hydrogens (tertiary/aromatic N) is 2. The lowest BCUT2D eigenvalue weighted by Crippen LogP contribution is -2.70. The first-order valence-electron chi connectivity index (χ1n) is 15.5.